The molecule has 2 aromatic rings. The van der Waals surface area contributed by atoms with E-state index in [1.165, 1.54) is 0 Å². The number of hydrogen-bond donors (Lipinski definition) is 3. The zero-order valence-corrected chi connectivity index (χ0v) is 12.2. The number of ether oxygens (including phenoxy) is 1. The van der Waals surface area contributed by atoms with Gasteiger partial charge in [-0.15, -0.1) is 0 Å². The highest BCUT2D eigenvalue weighted by Gasteiger charge is 2.06. The molecule has 1 aromatic heterocycles. The van der Waals surface area contributed by atoms with Gasteiger partial charge >= 0.3 is 4.87 Å². The van der Waals surface area contributed by atoms with Gasteiger partial charge in [-0.3, -0.25) is 4.79 Å². The van der Waals surface area contributed by atoms with Gasteiger partial charge in [-0.05, 0) is 18.2 Å². The van der Waals surface area contributed by atoms with Crippen molar-refractivity contribution in [1.29, 1.82) is 0 Å². The lowest BCUT2D eigenvalue weighted by molar-refractivity contribution is 0.106. The standard InChI is InChI=1S/C13H15ClN2O3S/c14-9-2-1-3-12(4-9)19-7-11(17)6-15-5-10-8-20-13(18)16-10/h1-4,8,11,15,17H,5-7H2,(H,16,18). The van der Waals surface area contributed by atoms with E-state index in [1.807, 2.05) is 0 Å². The predicted molar refractivity (Wildman–Crippen MR) is 79.6 cm³/mol. The third-order valence-corrected chi connectivity index (χ3v) is 3.46. The first-order chi connectivity index (χ1) is 9.63. The van der Waals surface area contributed by atoms with Crippen LogP contribution in [0.15, 0.2) is 34.4 Å². The van der Waals surface area contributed by atoms with Crippen LogP contribution in [0.3, 0.4) is 0 Å². The zero-order chi connectivity index (χ0) is 14.4. The first-order valence-corrected chi connectivity index (χ1v) is 7.33. The van der Waals surface area contributed by atoms with Crippen molar-refractivity contribution in [3.8, 4) is 5.75 Å². The molecule has 0 saturated heterocycles. The molecule has 0 amide bonds. The number of halogens is 1. The third-order valence-electron chi connectivity index (χ3n) is 2.50. The van der Waals surface area contributed by atoms with E-state index in [1.54, 1.807) is 29.6 Å². The summed E-state index contributed by atoms with van der Waals surface area (Å²) < 4.78 is 5.43. The Hall–Kier alpha value is -1.34. The maximum absolute atomic E-state index is 10.9. The molecule has 0 spiro atoms. The van der Waals surface area contributed by atoms with Gasteiger partial charge < -0.3 is 20.1 Å². The van der Waals surface area contributed by atoms with Crippen LogP contribution in [0.1, 0.15) is 5.69 Å². The summed E-state index contributed by atoms with van der Waals surface area (Å²) in [6, 6.07) is 7.02. The van der Waals surface area contributed by atoms with Gasteiger partial charge in [0.05, 0.1) is 0 Å². The van der Waals surface area contributed by atoms with E-state index < -0.39 is 6.10 Å². The molecule has 0 radical (unpaired) electrons. The Morgan fingerprint density at radius 3 is 3.05 bits per heavy atom. The van der Waals surface area contributed by atoms with Crippen molar-refractivity contribution in [3.05, 3.63) is 50.0 Å². The fourth-order valence-electron chi connectivity index (χ4n) is 1.58. The van der Waals surface area contributed by atoms with Crippen LogP contribution in [-0.2, 0) is 6.54 Å². The maximum Gasteiger partial charge on any atom is 0.304 e. The number of benzene rings is 1. The van der Waals surface area contributed by atoms with Crippen molar-refractivity contribution >= 4 is 22.9 Å². The Kier molecular flexibility index (Phi) is 5.60. The van der Waals surface area contributed by atoms with Gasteiger partial charge in [0.2, 0.25) is 0 Å². The number of aliphatic hydroxyl groups excluding tert-OH is 1. The van der Waals surface area contributed by atoms with Crippen LogP contribution in [0, 0.1) is 0 Å². The molecule has 0 bridgehead atoms. The first kappa shape index (κ1) is 15.1. The molecule has 0 fully saturated rings. The summed E-state index contributed by atoms with van der Waals surface area (Å²) in [7, 11) is 0. The summed E-state index contributed by atoms with van der Waals surface area (Å²) in [5.41, 5.74) is 0.808. The van der Waals surface area contributed by atoms with Crippen LogP contribution in [0.4, 0.5) is 0 Å². The van der Waals surface area contributed by atoms with Crippen molar-refractivity contribution in [3.63, 3.8) is 0 Å². The number of aliphatic hydroxyl groups is 1. The highest BCUT2D eigenvalue weighted by Crippen LogP contribution is 2.17. The number of rotatable bonds is 7. The summed E-state index contributed by atoms with van der Waals surface area (Å²) in [6.45, 7) is 1.05. The fraction of sp³-hybridized carbons (Fsp3) is 0.308. The van der Waals surface area contributed by atoms with Crippen LogP contribution in [-0.4, -0.2) is 29.3 Å². The molecule has 0 aliphatic rings. The number of aromatic nitrogens is 1. The van der Waals surface area contributed by atoms with Crippen molar-refractivity contribution in [1.82, 2.24) is 10.3 Å². The molecule has 0 saturated carbocycles. The molecular weight excluding hydrogens is 300 g/mol. The number of thiazole rings is 1. The summed E-state index contributed by atoms with van der Waals surface area (Å²) in [6.07, 6.45) is -0.640. The Labute approximate surface area is 125 Å². The van der Waals surface area contributed by atoms with Crippen LogP contribution >= 0.6 is 22.9 Å². The van der Waals surface area contributed by atoms with Gasteiger partial charge in [-0.1, -0.05) is 29.0 Å². The van der Waals surface area contributed by atoms with Crippen molar-refractivity contribution in [2.75, 3.05) is 13.2 Å². The van der Waals surface area contributed by atoms with Gasteiger partial charge in [-0.2, -0.15) is 0 Å². The topological polar surface area (TPSA) is 74.4 Å². The van der Waals surface area contributed by atoms with Gasteiger partial charge in [0, 0.05) is 29.2 Å². The first-order valence-electron chi connectivity index (χ1n) is 6.07. The number of aromatic amines is 1. The molecule has 20 heavy (non-hydrogen) atoms. The molecule has 1 heterocycles. The van der Waals surface area contributed by atoms with E-state index >= 15 is 0 Å². The Bertz CT molecular complexity index is 599. The second-order valence-electron chi connectivity index (χ2n) is 4.23. The summed E-state index contributed by atoms with van der Waals surface area (Å²) in [5, 5.41) is 15.2. The molecule has 1 unspecified atom stereocenters. The molecule has 0 aliphatic carbocycles. The van der Waals surface area contributed by atoms with Crippen molar-refractivity contribution in [2.24, 2.45) is 0 Å². The Morgan fingerprint density at radius 2 is 2.35 bits per heavy atom. The SMILES string of the molecule is O=c1[nH]c(CNCC(O)COc2cccc(Cl)c2)cs1. The van der Waals surface area contributed by atoms with E-state index in [2.05, 4.69) is 10.3 Å². The summed E-state index contributed by atoms with van der Waals surface area (Å²) in [5.74, 6) is 0.624. The Morgan fingerprint density at radius 1 is 1.50 bits per heavy atom. The third kappa shape index (κ3) is 4.97. The molecule has 2 rings (SSSR count). The molecule has 108 valence electrons. The number of H-pyrrole nitrogens is 1. The largest absolute Gasteiger partial charge is 0.491 e. The smallest absolute Gasteiger partial charge is 0.304 e. The molecule has 5 nitrogen and oxygen atoms in total. The van der Waals surface area contributed by atoms with Crippen molar-refractivity contribution < 1.29 is 9.84 Å². The molecule has 3 N–H and O–H groups in total. The van der Waals surface area contributed by atoms with Gasteiger partial charge in [0.15, 0.2) is 0 Å². The summed E-state index contributed by atoms with van der Waals surface area (Å²) >= 11 is 6.95. The van der Waals surface area contributed by atoms with Gasteiger partial charge in [-0.25, -0.2) is 0 Å². The minimum absolute atomic E-state index is 0.0772. The predicted octanol–water partition coefficient (Wildman–Crippen LogP) is 1.62. The quantitative estimate of drug-likeness (QED) is 0.726. The lowest BCUT2D eigenvalue weighted by atomic mass is 10.3. The average Bonchev–Trinajstić information content (AvgIpc) is 2.82. The zero-order valence-electron chi connectivity index (χ0n) is 10.6. The highest BCUT2D eigenvalue weighted by atomic mass is 35.5. The number of hydrogen-bond acceptors (Lipinski definition) is 5. The van der Waals surface area contributed by atoms with Gasteiger partial charge in [0.25, 0.3) is 0 Å². The lowest BCUT2D eigenvalue weighted by Gasteiger charge is -2.13. The summed E-state index contributed by atoms with van der Waals surface area (Å²) in [4.78, 5) is 13.5. The fourth-order valence-corrected chi connectivity index (χ4v) is 2.34. The minimum Gasteiger partial charge on any atom is -0.491 e. The molecular formula is C13H15ClN2O3S. The van der Waals surface area contributed by atoms with E-state index in [-0.39, 0.29) is 11.5 Å². The highest BCUT2D eigenvalue weighted by molar-refractivity contribution is 7.07. The van der Waals surface area contributed by atoms with Gasteiger partial charge in [0.1, 0.15) is 18.5 Å². The number of nitrogens with one attached hydrogen (secondary N) is 2. The van der Waals surface area contributed by atoms with E-state index in [0.29, 0.717) is 23.9 Å². The monoisotopic (exact) mass is 314 g/mol. The molecule has 1 atom stereocenters. The van der Waals surface area contributed by atoms with Crippen LogP contribution in [0.25, 0.3) is 0 Å². The molecule has 0 aliphatic heterocycles. The second kappa shape index (κ2) is 7.44. The second-order valence-corrected chi connectivity index (χ2v) is 5.51. The lowest BCUT2D eigenvalue weighted by Crippen LogP contribution is -2.31. The van der Waals surface area contributed by atoms with E-state index in [9.17, 15) is 9.90 Å². The minimum atomic E-state index is -0.640. The van der Waals surface area contributed by atoms with E-state index in [4.69, 9.17) is 16.3 Å². The van der Waals surface area contributed by atoms with Crippen LogP contribution < -0.4 is 14.9 Å². The van der Waals surface area contributed by atoms with E-state index in [0.717, 1.165) is 17.0 Å². The van der Waals surface area contributed by atoms with Crippen molar-refractivity contribution in [2.45, 2.75) is 12.6 Å². The average molecular weight is 315 g/mol. The molecule has 1 aromatic carbocycles. The normalized spacial score (nSPS) is 12.3. The van der Waals surface area contributed by atoms with Crippen LogP contribution in [0.5, 0.6) is 5.75 Å². The molecule has 7 heteroatoms. The Balaban J connectivity index is 1.67. The maximum atomic E-state index is 10.9. The van der Waals surface area contributed by atoms with Crippen LogP contribution in [0.2, 0.25) is 5.02 Å².